The topological polar surface area (TPSA) is 317 Å². The van der Waals surface area contributed by atoms with Gasteiger partial charge in [0.2, 0.25) is 76.8 Å². The highest BCUT2D eigenvalue weighted by Gasteiger charge is 2.45. The highest BCUT2D eigenvalue weighted by molar-refractivity contribution is 6.20. The second-order valence-corrected chi connectivity index (χ2v) is 32.6. The number of nitrogens with one attached hydrogen (secondary N) is 5. The Hall–Kier alpha value is -6.85. The number of carbonyl (C=O) groups excluding carboxylic acids is 13. The number of carbonyl (C=O) groups is 13. The molecule has 3 aliphatic carbocycles. The van der Waals surface area contributed by atoms with Crippen molar-refractivity contribution >= 4 is 88.4 Å². The lowest BCUT2D eigenvalue weighted by Crippen LogP contribution is -2.61. The summed E-state index contributed by atoms with van der Waals surface area (Å²) >= 11 is 6.51. The van der Waals surface area contributed by atoms with E-state index in [2.05, 4.69) is 26.6 Å². The number of nitrogens with zero attached hydrogens (tertiary/aromatic N) is 8. The summed E-state index contributed by atoms with van der Waals surface area (Å²) in [6.45, 7) is 11.5. The smallest absolute Gasteiger partial charge is 0.369 e. The number of likely N-dealkylation sites (tertiary alicyclic amines) is 1. The summed E-state index contributed by atoms with van der Waals surface area (Å²) in [5.41, 5.74) is -0.708. The standard InChI is InChI=1S/C74H123ClF3N13O14/c1-16-46(4)64-72(104)86(11)41-62(95)84(9)42-63(96)88(13)57(38-50-26-31-52(75)32-27-50)70(102)85(10)40-59(92)79-53(33-28-48-24-29-51(30-25-48)74(76,77)78)66(98)81-55(43-105-44-60(93)83-73(6,7)8)68(100)90(15)58(37-49-22-18-17-19-23-49)71(103)89(14)56(36-45(2)3)67(99)80-54(69(101)91-34-20-21-35-91)39-61(94)87(12)47(5)65(97)82-64/h45-58,64H,16-44H2,1-15H3,(H,79,92)(H,80,99)(H,81,98)(H,82,97)(H,83,93)/t46-,47-,48?,50?,51?,52?,53-,54-,55-,56-,57-,58-,64-/m0/s1. The van der Waals surface area contributed by atoms with Crippen LogP contribution in [0.4, 0.5) is 13.2 Å². The number of hydrogen-bond acceptors (Lipinski definition) is 14. The molecule has 27 nitrogen and oxygen atoms in total. The Morgan fingerprint density at radius 3 is 1.69 bits per heavy atom. The first-order valence-corrected chi connectivity index (χ1v) is 38.4. The van der Waals surface area contributed by atoms with Gasteiger partial charge in [-0.05, 0) is 154 Å². The normalized spacial score (nSPS) is 28.7. The minimum absolute atomic E-state index is 0.0325. The Morgan fingerprint density at radius 1 is 0.562 bits per heavy atom. The fourth-order valence-corrected chi connectivity index (χ4v) is 15.1. The maximum atomic E-state index is 15.7. The van der Waals surface area contributed by atoms with Crippen LogP contribution < -0.4 is 26.6 Å². The minimum Gasteiger partial charge on any atom is -0.369 e. The molecule has 0 bridgehead atoms. The van der Waals surface area contributed by atoms with Crippen molar-refractivity contribution in [1.82, 2.24) is 65.8 Å². The number of rotatable bonds is 16. The molecule has 0 spiro atoms. The summed E-state index contributed by atoms with van der Waals surface area (Å²) in [5, 5.41) is 13.7. The largest absolute Gasteiger partial charge is 0.391 e. The molecule has 3 saturated carbocycles. The highest BCUT2D eigenvalue weighted by Crippen LogP contribution is 2.41. The molecule has 0 aromatic carbocycles. The Labute approximate surface area is 624 Å². The van der Waals surface area contributed by atoms with Crippen molar-refractivity contribution in [3.05, 3.63) is 0 Å². The number of halogens is 4. The highest BCUT2D eigenvalue weighted by atomic mass is 35.5. The zero-order valence-electron chi connectivity index (χ0n) is 65.0. The van der Waals surface area contributed by atoms with Gasteiger partial charge in [-0.3, -0.25) is 62.3 Å². The molecule has 9 atom stereocenters. The van der Waals surface area contributed by atoms with Gasteiger partial charge in [-0.15, -0.1) is 11.6 Å². The predicted molar refractivity (Wildman–Crippen MR) is 389 cm³/mol. The molecule has 5 rings (SSSR count). The van der Waals surface area contributed by atoms with Crippen LogP contribution in [0.5, 0.6) is 0 Å². The molecule has 2 heterocycles. The molecule has 0 unspecified atom stereocenters. The molecule has 13 amide bonds. The van der Waals surface area contributed by atoms with E-state index in [9.17, 15) is 56.3 Å². The van der Waals surface area contributed by atoms with Crippen molar-refractivity contribution in [2.24, 2.45) is 35.5 Å². The van der Waals surface area contributed by atoms with Gasteiger partial charge < -0.3 is 70.5 Å². The third kappa shape index (κ3) is 27.1. The van der Waals surface area contributed by atoms with Gasteiger partial charge in [0.05, 0.1) is 38.6 Å². The molecule has 0 aromatic rings. The summed E-state index contributed by atoms with van der Waals surface area (Å²) in [6, 6.07) is -11.0. The molecule has 5 fully saturated rings. The van der Waals surface area contributed by atoms with Crippen LogP contribution in [0.1, 0.15) is 197 Å². The molecule has 2 saturated heterocycles. The number of alkyl halides is 4. The van der Waals surface area contributed by atoms with Crippen molar-refractivity contribution in [3.8, 4) is 0 Å². The summed E-state index contributed by atoms with van der Waals surface area (Å²) in [6.07, 6.45) is 3.43. The first-order valence-electron chi connectivity index (χ1n) is 38.0. The van der Waals surface area contributed by atoms with E-state index in [0.29, 0.717) is 70.9 Å². The second kappa shape index (κ2) is 40.9. The van der Waals surface area contributed by atoms with Gasteiger partial charge >= 0.3 is 6.18 Å². The first kappa shape index (κ1) is 88.8. The fourth-order valence-electron chi connectivity index (χ4n) is 14.9. The Morgan fingerprint density at radius 2 is 1.11 bits per heavy atom. The van der Waals surface area contributed by atoms with Gasteiger partial charge in [0.1, 0.15) is 54.9 Å². The third-order valence-electron chi connectivity index (χ3n) is 22.0. The molecule has 31 heteroatoms. The van der Waals surface area contributed by atoms with Crippen molar-refractivity contribution in [1.29, 1.82) is 0 Å². The van der Waals surface area contributed by atoms with Gasteiger partial charge in [-0.1, -0.05) is 66.2 Å². The number of ether oxygens (including phenoxy) is 1. The average Bonchev–Trinajstić information content (AvgIpc) is 1.08. The lowest BCUT2D eigenvalue weighted by atomic mass is 9.79. The van der Waals surface area contributed by atoms with Crippen LogP contribution in [0.2, 0.25) is 0 Å². The van der Waals surface area contributed by atoms with E-state index in [1.165, 1.54) is 75.9 Å². The van der Waals surface area contributed by atoms with E-state index < -0.39 is 188 Å². The van der Waals surface area contributed by atoms with E-state index in [-0.39, 0.29) is 86.8 Å². The van der Waals surface area contributed by atoms with Gasteiger partial charge in [0.25, 0.3) is 0 Å². The molecule has 0 radical (unpaired) electrons. The van der Waals surface area contributed by atoms with Crippen LogP contribution in [0.25, 0.3) is 0 Å². The molecule has 596 valence electrons. The molecule has 0 aromatic heterocycles. The lowest BCUT2D eigenvalue weighted by molar-refractivity contribution is -0.184. The van der Waals surface area contributed by atoms with Crippen molar-refractivity contribution in [2.75, 3.05) is 95.3 Å². The van der Waals surface area contributed by atoms with Gasteiger partial charge in [-0.2, -0.15) is 13.2 Å². The van der Waals surface area contributed by atoms with Crippen LogP contribution in [0, 0.1) is 35.5 Å². The summed E-state index contributed by atoms with van der Waals surface area (Å²) in [4.78, 5) is 200. The summed E-state index contributed by atoms with van der Waals surface area (Å²) in [5.74, 6) is -12.3. The van der Waals surface area contributed by atoms with Crippen LogP contribution in [0.3, 0.4) is 0 Å². The van der Waals surface area contributed by atoms with E-state index in [4.69, 9.17) is 16.3 Å². The zero-order chi connectivity index (χ0) is 78.5. The van der Waals surface area contributed by atoms with Crippen molar-refractivity contribution in [2.45, 2.75) is 262 Å². The van der Waals surface area contributed by atoms with Crippen molar-refractivity contribution in [3.63, 3.8) is 0 Å². The Balaban J connectivity index is 1.65. The van der Waals surface area contributed by atoms with Crippen LogP contribution in [0.15, 0.2) is 0 Å². The van der Waals surface area contributed by atoms with E-state index in [1.54, 1.807) is 34.6 Å². The predicted octanol–water partition coefficient (Wildman–Crippen LogP) is 4.99. The molecular weight excluding hydrogens is 1390 g/mol. The summed E-state index contributed by atoms with van der Waals surface area (Å²) in [7, 11) is 9.58. The molecule has 105 heavy (non-hydrogen) atoms. The van der Waals surface area contributed by atoms with Crippen LogP contribution in [-0.4, -0.2) is 277 Å². The Bertz CT molecular complexity index is 2990. The molecule has 5 N–H and O–H groups in total. The van der Waals surface area contributed by atoms with E-state index >= 15 is 19.2 Å². The number of hydrogen-bond donors (Lipinski definition) is 5. The molecular formula is C74H123ClF3N13O14. The first-order chi connectivity index (χ1) is 49.1. The maximum absolute atomic E-state index is 15.7. The van der Waals surface area contributed by atoms with Crippen LogP contribution in [-0.2, 0) is 67.1 Å². The fraction of sp³-hybridized carbons (Fsp3) is 0.824. The Kier molecular flexibility index (Phi) is 34.6. The quantitative estimate of drug-likeness (QED) is 0.127. The minimum atomic E-state index is -4.41. The number of likely N-dealkylation sites (N-methyl/N-ethyl adjacent to an activating group) is 7. The zero-order valence-corrected chi connectivity index (χ0v) is 65.7. The molecule has 2 aliphatic heterocycles. The van der Waals surface area contributed by atoms with E-state index in [0.717, 1.165) is 38.9 Å². The van der Waals surface area contributed by atoms with Crippen LogP contribution >= 0.6 is 11.6 Å². The monoisotopic (exact) mass is 1510 g/mol. The van der Waals surface area contributed by atoms with Crippen molar-refractivity contribution < 1.29 is 80.2 Å². The lowest BCUT2D eigenvalue weighted by Gasteiger charge is -2.38. The number of amides is 13. The van der Waals surface area contributed by atoms with Gasteiger partial charge in [0, 0.05) is 73.3 Å². The average molecular weight is 1510 g/mol. The summed E-state index contributed by atoms with van der Waals surface area (Å²) < 4.78 is 47.7. The van der Waals surface area contributed by atoms with Gasteiger partial charge in [0.15, 0.2) is 0 Å². The maximum Gasteiger partial charge on any atom is 0.391 e. The van der Waals surface area contributed by atoms with E-state index in [1.807, 2.05) is 13.8 Å². The van der Waals surface area contributed by atoms with Gasteiger partial charge in [-0.25, -0.2) is 0 Å². The third-order valence-corrected chi connectivity index (χ3v) is 22.4. The second-order valence-electron chi connectivity index (χ2n) is 32.0. The SMILES string of the molecule is CC[C@H](C)[C@@H]1NC(=O)[C@H](C)N(C)C(=O)C[C@@H](C(=O)N2CCCC2)NC(=O)[C@H](CC(C)C)N(C)C(=O)[C@H](CC2CCCCC2)N(C)C(=O)[C@H](COCC(=O)NC(C)(C)C)NC(=O)[C@H](CCC2CCC(C(F)(F)F)CC2)NC(=O)CN(C)C(=O)[C@H](CC2CCC(Cl)CC2)N(C)C(=O)CN(C)C(=O)CN(C)C1=O. The molecule has 5 aliphatic rings.